The number of unbranched alkanes of at least 4 members (excludes halogenated alkanes) is 3. The molecule has 0 fully saturated rings. The molecule has 0 aliphatic rings. The lowest BCUT2D eigenvalue weighted by molar-refractivity contribution is 0.407. The number of nitrogens with two attached hydrogens (primary N) is 1. The van der Waals surface area contributed by atoms with Crippen LogP contribution in [0.4, 0.5) is 0 Å². The number of hydrogen-bond donors (Lipinski definition) is 2. The van der Waals surface area contributed by atoms with Gasteiger partial charge < -0.3 is 5.73 Å². The van der Waals surface area contributed by atoms with Crippen LogP contribution in [0.2, 0.25) is 0 Å². The average Bonchev–Trinajstić information content (AvgIpc) is 2.01. The fourth-order valence-corrected chi connectivity index (χ4v) is 1.83. The molecule has 0 saturated heterocycles. The summed E-state index contributed by atoms with van der Waals surface area (Å²) >= 11 is 0.749. The van der Waals surface area contributed by atoms with Gasteiger partial charge in [0.25, 0.3) is 0 Å². The lowest BCUT2D eigenvalue weighted by atomic mass is 10.2. The zero-order valence-electron chi connectivity index (χ0n) is 7.31. The number of rotatable bonds is 8. The van der Waals surface area contributed by atoms with E-state index in [1.165, 1.54) is 0 Å². The van der Waals surface area contributed by atoms with Crippen LogP contribution in [0.15, 0.2) is 0 Å². The maximum absolute atomic E-state index is 10.1. The zero-order valence-corrected chi connectivity index (χ0v) is 8.94. The summed E-state index contributed by atoms with van der Waals surface area (Å²) in [4.78, 5) is 0. The maximum Gasteiger partial charge on any atom is 0.408 e. The highest BCUT2D eigenvalue weighted by Crippen LogP contribution is 2.10. The molecular weight excluding hydrogens is 214 g/mol. The normalized spacial score (nSPS) is 11.8. The van der Waals surface area contributed by atoms with Crippen LogP contribution >= 0.6 is 12.0 Å². The largest absolute Gasteiger partial charge is 0.408 e. The Labute approximate surface area is 83.2 Å². The minimum Gasteiger partial charge on any atom is -0.330 e. The fourth-order valence-electron chi connectivity index (χ4n) is 0.754. The van der Waals surface area contributed by atoms with Gasteiger partial charge in [-0.15, -0.1) is 0 Å². The van der Waals surface area contributed by atoms with Crippen molar-refractivity contribution in [3.63, 3.8) is 0 Å². The van der Waals surface area contributed by atoms with Gasteiger partial charge in [-0.05, 0) is 19.4 Å². The summed E-state index contributed by atoms with van der Waals surface area (Å²) in [6.07, 6.45) is 3.89. The molecule has 0 aliphatic carbocycles. The molecule has 0 aromatic carbocycles. The molecule has 0 bridgehead atoms. The van der Waals surface area contributed by atoms with Crippen molar-refractivity contribution < 1.29 is 16.6 Å². The Bertz CT molecular complexity index is 205. The van der Waals surface area contributed by atoms with Crippen molar-refractivity contribution in [1.29, 1.82) is 0 Å². The molecule has 0 spiro atoms. The van der Waals surface area contributed by atoms with E-state index in [-0.39, 0.29) is 0 Å². The predicted molar refractivity (Wildman–Crippen MR) is 52.6 cm³/mol. The van der Waals surface area contributed by atoms with Crippen LogP contribution in [-0.2, 0) is 14.0 Å². The molecule has 0 rings (SSSR count). The second-order valence-corrected chi connectivity index (χ2v) is 4.56. The highest BCUT2D eigenvalue weighted by atomic mass is 32.3. The Balaban J connectivity index is 3.09. The summed E-state index contributed by atoms with van der Waals surface area (Å²) < 4.78 is 32.4. The van der Waals surface area contributed by atoms with Crippen molar-refractivity contribution in [2.24, 2.45) is 5.73 Å². The molecule has 0 aromatic rings. The van der Waals surface area contributed by atoms with Crippen molar-refractivity contribution in [1.82, 2.24) is 0 Å². The topological polar surface area (TPSA) is 89.6 Å². The van der Waals surface area contributed by atoms with Crippen LogP contribution in [0, 0.1) is 0 Å². The number of hydrogen-bond acceptors (Lipinski definition) is 5. The standard InChI is InChI=1S/C6H15NO4S2/c7-5-3-1-2-4-6-12-11-13(8,9)10/h1-7H2,(H,8,9,10). The zero-order chi connectivity index (χ0) is 10.2. The van der Waals surface area contributed by atoms with Gasteiger partial charge in [-0.25, -0.2) is 0 Å². The summed E-state index contributed by atoms with van der Waals surface area (Å²) in [5.41, 5.74) is 5.28. The lowest BCUT2D eigenvalue weighted by Crippen LogP contribution is -1.99. The minimum absolute atomic E-state index is 0.560. The average molecular weight is 229 g/mol. The van der Waals surface area contributed by atoms with Gasteiger partial charge in [0, 0.05) is 17.8 Å². The van der Waals surface area contributed by atoms with Crippen molar-refractivity contribution >= 4 is 22.4 Å². The van der Waals surface area contributed by atoms with E-state index in [2.05, 4.69) is 3.63 Å². The predicted octanol–water partition coefficient (Wildman–Crippen LogP) is 0.973. The van der Waals surface area contributed by atoms with E-state index >= 15 is 0 Å². The van der Waals surface area contributed by atoms with E-state index in [1.54, 1.807) is 0 Å². The smallest absolute Gasteiger partial charge is 0.330 e. The maximum atomic E-state index is 10.1. The Kier molecular flexibility index (Phi) is 7.68. The van der Waals surface area contributed by atoms with E-state index in [0.717, 1.165) is 37.7 Å². The second kappa shape index (κ2) is 7.57. The first-order valence-corrected chi connectivity index (χ1v) is 6.32. The third kappa shape index (κ3) is 12.2. The van der Waals surface area contributed by atoms with Crippen LogP contribution in [0.1, 0.15) is 25.7 Å². The van der Waals surface area contributed by atoms with E-state index in [0.29, 0.717) is 12.3 Å². The van der Waals surface area contributed by atoms with Crippen molar-refractivity contribution in [2.45, 2.75) is 25.7 Å². The molecule has 3 N–H and O–H groups in total. The summed E-state index contributed by atoms with van der Waals surface area (Å²) in [5.74, 6) is 0.560. The summed E-state index contributed by atoms with van der Waals surface area (Å²) in [7, 11) is -4.28. The van der Waals surface area contributed by atoms with E-state index in [1.807, 2.05) is 0 Å². The fraction of sp³-hybridized carbons (Fsp3) is 1.00. The Hall–Kier alpha value is 0.180. The Morgan fingerprint density at radius 1 is 1.23 bits per heavy atom. The van der Waals surface area contributed by atoms with Crippen LogP contribution < -0.4 is 5.73 Å². The van der Waals surface area contributed by atoms with Crippen LogP contribution in [-0.4, -0.2) is 25.3 Å². The first-order chi connectivity index (χ1) is 6.06. The molecule has 0 saturated carbocycles. The Morgan fingerprint density at radius 3 is 2.38 bits per heavy atom. The van der Waals surface area contributed by atoms with E-state index < -0.39 is 10.4 Å². The van der Waals surface area contributed by atoms with Crippen LogP contribution in [0.25, 0.3) is 0 Å². The van der Waals surface area contributed by atoms with Crippen molar-refractivity contribution in [2.75, 3.05) is 12.3 Å². The Morgan fingerprint density at radius 2 is 1.85 bits per heavy atom. The second-order valence-electron chi connectivity index (χ2n) is 2.52. The minimum atomic E-state index is -4.28. The van der Waals surface area contributed by atoms with Crippen molar-refractivity contribution in [3.8, 4) is 0 Å². The first kappa shape index (κ1) is 13.2. The highest BCUT2D eigenvalue weighted by Gasteiger charge is 2.03. The van der Waals surface area contributed by atoms with Gasteiger partial charge in [0.15, 0.2) is 0 Å². The van der Waals surface area contributed by atoms with Crippen LogP contribution in [0.3, 0.4) is 0 Å². The van der Waals surface area contributed by atoms with Gasteiger partial charge >= 0.3 is 10.4 Å². The van der Waals surface area contributed by atoms with Gasteiger partial charge in [0.1, 0.15) is 0 Å². The molecule has 0 unspecified atom stereocenters. The van der Waals surface area contributed by atoms with Gasteiger partial charge in [0.2, 0.25) is 0 Å². The molecule has 0 aliphatic heterocycles. The van der Waals surface area contributed by atoms with Gasteiger partial charge in [-0.3, -0.25) is 4.55 Å². The molecule has 13 heavy (non-hydrogen) atoms. The molecular formula is C6H15NO4S2. The molecule has 0 radical (unpaired) electrons. The summed E-state index contributed by atoms with van der Waals surface area (Å²) in [5, 5.41) is 0. The molecule has 7 heteroatoms. The summed E-state index contributed by atoms with van der Waals surface area (Å²) in [6, 6.07) is 0. The lowest BCUT2D eigenvalue weighted by Gasteiger charge is -1.98. The SMILES string of the molecule is NCCCCCCSOS(=O)(=O)O. The van der Waals surface area contributed by atoms with Gasteiger partial charge in [-0.2, -0.15) is 12.0 Å². The third-order valence-corrected chi connectivity index (χ3v) is 2.84. The molecule has 0 heterocycles. The summed E-state index contributed by atoms with van der Waals surface area (Å²) in [6.45, 7) is 0.689. The molecule has 0 aromatic heterocycles. The third-order valence-electron chi connectivity index (χ3n) is 1.32. The molecule has 5 nitrogen and oxygen atoms in total. The van der Waals surface area contributed by atoms with Crippen molar-refractivity contribution in [3.05, 3.63) is 0 Å². The van der Waals surface area contributed by atoms with Crippen LogP contribution in [0.5, 0.6) is 0 Å². The first-order valence-electron chi connectivity index (χ1n) is 4.05. The van der Waals surface area contributed by atoms with E-state index in [4.69, 9.17) is 10.3 Å². The van der Waals surface area contributed by atoms with E-state index in [9.17, 15) is 8.42 Å². The molecule has 0 amide bonds. The molecule has 0 atom stereocenters. The van der Waals surface area contributed by atoms with Gasteiger partial charge in [0.05, 0.1) is 0 Å². The highest BCUT2D eigenvalue weighted by molar-refractivity contribution is 8.02. The van der Waals surface area contributed by atoms with Gasteiger partial charge in [-0.1, -0.05) is 12.8 Å². The monoisotopic (exact) mass is 229 g/mol. The molecule has 80 valence electrons. The quantitative estimate of drug-likeness (QED) is 0.366.